The van der Waals surface area contributed by atoms with Crippen LogP contribution in [0, 0.1) is 24.0 Å². The number of anilines is 1. The molecule has 2 amide bonds. The first-order valence-electron chi connectivity index (χ1n) is 11.5. The summed E-state index contributed by atoms with van der Waals surface area (Å²) in [7, 11) is 0. The minimum absolute atomic E-state index is 0.0576. The van der Waals surface area contributed by atoms with E-state index in [-0.39, 0.29) is 27.9 Å². The number of nitro groups is 1. The second-order valence-electron chi connectivity index (χ2n) is 8.52. The first kappa shape index (κ1) is 25.1. The Bertz CT molecular complexity index is 1390. The second kappa shape index (κ2) is 10.3. The molecule has 0 spiro atoms. The molecule has 186 valence electrons. The third-order valence-corrected chi connectivity index (χ3v) is 6.41. The Morgan fingerprint density at radius 1 is 1.19 bits per heavy atom. The predicted molar refractivity (Wildman–Crippen MR) is 137 cm³/mol. The summed E-state index contributed by atoms with van der Waals surface area (Å²) in [6, 6.07) is 11.5. The minimum Gasteiger partial charge on any atom is -0.455 e. The number of halogens is 1. The van der Waals surface area contributed by atoms with Gasteiger partial charge in [0.2, 0.25) is 0 Å². The van der Waals surface area contributed by atoms with Crippen molar-refractivity contribution in [2.75, 3.05) is 11.4 Å². The molecule has 2 aromatic carbocycles. The van der Waals surface area contributed by atoms with E-state index < -0.39 is 10.8 Å². The Morgan fingerprint density at radius 2 is 1.97 bits per heavy atom. The van der Waals surface area contributed by atoms with Crippen molar-refractivity contribution < 1.29 is 18.9 Å². The van der Waals surface area contributed by atoms with Crippen LogP contribution in [0.3, 0.4) is 0 Å². The van der Waals surface area contributed by atoms with Gasteiger partial charge in [0.1, 0.15) is 10.8 Å². The molecule has 0 unspecified atom stereocenters. The molecule has 0 aliphatic heterocycles. The van der Waals surface area contributed by atoms with Gasteiger partial charge in [-0.05, 0) is 63.4 Å². The highest BCUT2D eigenvalue weighted by Gasteiger charge is 2.30. The molecule has 1 N–H and O–H groups in total. The number of fused-ring (bicyclic) bond motifs is 1. The summed E-state index contributed by atoms with van der Waals surface area (Å²) in [5, 5.41) is 15.4. The van der Waals surface area contributed by atoms with Crippen LogP contribution in [0.2, 0.25) is 5.02 Å². The zero-order chi connectivity index (χ0) is 26.0. The van der Waals surface area contributed by atoms with Crippen LogP contribution in [-0.4, -0.2) is 29.0 Å². The summed E-state index contributed by atoms with van der Waals surface area (Å²) in [6.45, 7) is 6.15. The lowest BCUT2D eigenvalue weighted by atomic mass is 9.93. The topological polar surface area (TPSA) is 118 Å². The third kappa shape index (κ3) is 4.87. The zero-order valence-electron chi connectivity index (χ0n) is 20.1. The number of carbonyl (C=O) groups is 2. The van der Waals surface area contributed by atoms with Crippen LogP contribution in [0.15, 0.2) is 52.0 Å². The fraction of sp³-hybridized carbons (Fsp3) is 0.269. The summed E-state index contributed by atoms with van der Waals surface area (Å²) in [5.41, 5.74) is 5.97. The van der Waals surface area contributed by atoms with Gasteiger partial charge in [-0.1, -0.05) is 23.7 Å². The number of carbonyl (C=O) groups excluding carboxylic acids is 2. The number of nitrogens with one attached hydrogen (secondary N) is 1. The SMILES string of the molecule is CCN(C(=O)c1oc2c(c1C)/C(=N/NC(=O)c1ccc(Cl)c([N+](=O)[O-])c1)CCC2)c1cccc(C)c1. The van der Waals surface area contributed by atoms with Crippen molar-refractivity contribution >= 4 is 40.5 Å². The van der Waals surface area contributed by atoms with E-state index >= 15 is 0 Å². The van der Waals surface area contributed by atoms with Crippen LogP contribution < -0.4 is 10.3 Å². The van der Waals surface area contributed by atoms with Crippen molar-refractivity contribution in [2.45, 2.75) is 40.0 Å². The van der Waals surface area contributed by atoms with E-state index in [9.17, 15) is 19.7 Å². The van der Waals surface area contributed by atoms with Crippen molar-refractivity contribution in [1.29, 1.82) is 0 Å². The van der Waals surface area contributed by atoms with E-state index in [2.05, 4.69) is 10.5 Å². The summed E-state index contributed by atoms with van der Waals surface area (Å²) in [6.07, 6.45) is 1.97. The number of nitrogens with zero attached hydrogens (tertiary/aromatic N) is 3. The summed E-state index contributed by atoms with van der Waals surface area (Å²) in [5.74, 6) is 0.0467. The van der Waals surface area contributed by atoms with E-state index in [1.54, 1.807) is 4.90 Å². The van der Waals surface area contributed by atoms with Crippen molar-refractivity contribution in [3.8, 4) is 0 Å². The van der Waals surface area contributed by atoms with E-state index in [0.717, 1.165) is 23.7 Å². The van der Waals surface area contributed by atoms with Crippen molar-refractivity contribution in [3.63, 3.8) is 0 Å². The molecule has 1 heterocycles. The molecule has 0 fully saturated rings. The van der Waals surface area contributed by atoms with Gasteiger partial charge in [0, 0.05) is 41.4 Å². The van der Waals surface area contributed by atoms with Gasteiger partial charge in [-0.3, -0.25) is 19.7 Å². The van der Waals surface area contributed by atoms with Gasteiger partial charge >= 0.3 is 0 Å². The normalized spacial score (nSPS) is 13.8. The maximum Gasteiger partial charge on any atom is 0.294 e. The number of hydrazone groups is 1. The van der Waals surface area contributed by atoms with Crippen LogP contribution in [0.4, 0.5) is 11.4 Å². The maximum absolute atomic E-state index is 13.5. The Labute approximate surface area is 212 Å². The van der Waals surface area contributed by atoms with Gasteiger partial charge in [-0.25, -0.2) is 5.43 Å². The van der Waals surface area contributed by atoms with Crippen molar-refractivity contribution in [2.24, 2.45) is 5.10 Å². The number of nitro benzene ring substituents is 1. The summed E-state index contributed by atoms with van der Waals surface area (Å²) < 4.78 is 6.04. The lowest BCUT2D eigenvalue weighted by Gasteiger charge is -2.20. The van der Waals surface area contributed by atoms with Gasteiger partial charge in [0.05, 0.1) is 10.6 Å². The minimum atomic E-state index is -0.651. The molecule has 1 aromatic heterocycles. The molecule has 36 heavy (non-hydrogen) atoms. The molecule has 0 saturated carbocycles. The summed E-state index contributed by atoms with van der Waals surface area (Å²) >= 11 is 5.83. The first-order valence-corrected chi connectivity index (χ1v) is 11.9. The maximum atomic E-state index is 13.5. The van der Waals surface area contributed by atoms with E-state index in [1.807, 2.05) is 45.0 Å². The average Bonchev–Trinajstić information content (AvgIpc) is 3.20. The molecule has 3 aromatic rings. The van der Waals surface area contributed by atoms with Crippen LogP contribution >= 0.6 is 11.6 Å². The second-order valence-corrected chi connectivity index (χ2v) is 8.93. The molecule has 1 aliphatic rings. The molecule has 0 saturated heterocycles. The molecular formula is C26H25ClN4O5. The van der Waals surface area contributed by atoms with Crippen LogP contribution in [0.1, 0.15) is 63.1 Å². The fourth-order valence-corrected chi connectivity index (χ4v) is 4.51. The lowest BCUT2D eigenvalue weighted by molar-refractivity contribution is -0.384. The zero-order valence-corrected chi connectivity index (χ0v) is 20.9. The van der Waals surface area contributed by atoms with Gasteiger partial charge in [0.15, 0.2) is 5.76 Å². The van der Waals surface area contributed by atoms with Gasteiger partial charge in [-0.15, -0.1) is 0 Å². The van der Waals surface area contributed by atoms with Crippen LogP contribution in [0.5, 0.6) is 0 Å². The number of hydrogen-bond donors (Lipinski definition) is 1. The molecule has 10 heteroatoms. The smallest absolute Gasteiger partial charge is 0.294 e. The van der Waals surface area contributed by atoms with Crippen molar-refractivity contribution in [1.82, 2.24) is 5.43 Å². The van der Waals surface area contributed by atoms with Gasteiger partial charge in [0.25, 0.3) is 17.5 Å². The van der Waals surface area contributed by atoms with Gasteiger partial charge in [-0.2, -0.15) is 5.10 Å². The number of benzene rings is 2. The number of aryl methyl sites for hydroxylation is 2. The van der Waals surface area contributed by atoms with E-state index in [0.29, 0.717) is 42.0 Å². The Morgan fingerprint density at radius 3 is 2.67 bits per heavy atom. The molecular weight excluding hydrogens is 484 g/mol. The molecule has 0 atom stereocenters. The van der Waals surface area contributed by atoms with Gasteiger partial charge < -0.3 is 9.32 Å². The third-order valence-electron chi connectivity index (χ3n) is 6.09. The largest absolute Gasteiger partial charge is 0.455 e. The highest BCUT2D eigenvalue weighted by molar-refractivity contribution is 6.32. The van der Waals surface area contributed by atoms with Crippen LogP contribution in [-0.2, 0) is 6.42 Å². The Hall–Kier alpha value is -3.98. The predicted octanol–water partition coefficient (Wildman–Crippen LogP) is 5.60. The number of hydrogen-bond acceptors (Lipinski definition) is 6. The molecule has 0 bridgehead atoms. The monoisotopic (exact) mass is 508 g/mol. The lowest BCUT2D eigenvalue weighted by Crippen LogP contribution is -2.31. The van der Waals surface area contributed by atoms with E-state index in [1.165, 1.54) is 12.1 Å². The number of rotatable bonds is 6. The van der Waals surface area contributed by atoms with E-state index in [4.69, 9.17) is 16.0 Å². The molecule has 4 rings (SSSR count). The first-order chi connectivity index (χ1) is 17.2. The Kier molecular flexibility index (Phi) is 7.21. The Balaban J connectivity index is 1.62. The standard InChI is InChI=1S/C26H25ClN4O5/c1-4-30(18-8-5-7-15(2)13-18)26(33)24-16(3)23-20(9-6-10-22(23)36-24)28-29-25(32)17-11-12-19(27)21(14-17)31(34)35/h5,7-8,11-14H,4,6,9-10H2,1-3H3,(H,29,32)/b28-20+. The molecule has 9 nitrogen and oxygen atoms in total. The average molecular weight is 509 g/mol. The fourth-order valence-electron chi connectivity index (χ4n) is 4.32. The highest BCUT2D eigenvalue weighted by atomic mass is 35.5. The molecule has 1 aliphatic carbocycles. The number of furan rings is 1. The van der Waals surface area contributed by atoms with Crippen molar-refractivity contribution in [3.05, 3.63) is 91.4 Å². The quantitative estimate of drug-likeness (QED) is 0.343. The highest BCUT2D eigenvalue weighted by Crippen LogP contribution is 2.32. The van der Waals surface area contributed by atoms with Crippen LogP contribution in [0.25, 0.3) is 0 Å². The summed E-state index contributed by atoms with van der Waals surface area (Å²) in [4.78, 5) is 38.2. The number of amides is 2. The molecule has 0 radical (unpaired) electrons.